The van der Waals surface area contributed by atoms with Crippen molar-refractivity contribution in [1.82, 2.24) is 0 Å². The molecule has 4 N–H and O–H groups in total. The summed E-state index contributed by atoms with van der Waals surface area (Å²) in [5, 5.41) is 17.8. The van der Waals surface area contributed by atoms with Crippen LogP contribution >= 0.6 is 0 Å². The number of hydrogen-bond acceptors (Lipinski definition) is 3. The molecular formula is C9H19NO3. The standard InChI is InChI=1S/C9H19NO3/c1-3-4-7(10)5-9(2,6-11)8(12)13/h7,11H,3-6,10H2,1-2H3,(H,12,13). The minimum absolute atomic E-state index is 0.141. The largest absolute Gasteiger partial charge is 0.481 e. The van der Waals surface area contributed by atoms with E-state index in [-0.39, 0.29) is 12.6 Å². The van der Waals surface area contributed by atoms with Crippen molar-refractivity contribution in [2.75, 3.05) is 6.61 Å². The summed E-state index contributed by atoms with van der Waals surface area (Å²) in [6.07, 6.45) is 2.05. The number of aliphatic carboxylic acids is 1. The average molecular weight is 189 g/mol. The summed E-state index contributed by atoms with van der Waals surface area (Å²) in [5.74, 6) is -0.985. The number of aliphatic hydroxyl groups excluding tert-OH is 1. The second kappa shape index (κ2) is 5.19. The summed E-state index contributed by atoms with van der Waals surface area (Å²) in [7, 11) is 0. The van der Waals surface area contributed by atoms with Gasteiger partial charge in [-0.2, -0.15) is 0 Å². The Morgan fingerprint density at radius 3 is 2.46 bits per heavy atom. The van der Waals surface area contributed by atoms with Crippen molar-refractivity contribution in [3.8, 4) is 0 Å². The Balaban J connectivity index is 4.18. The van der Waals surface area contributed by atoms with Crippen molar-refractivity contribution >= 4 is 5.97 Å². The highest BCUT2D eigenvalue weighted by Gasteiger charge is 2.33. The molecule has 2 atom stereocenters. The first-order chi connectivity index (χ1) is 5.96. The predicted molar refractivity (Wildman–Crippen MR) is 50.3 cm³/mol. The van der Waals surface area contributed by atoms with Gasteiger partial charge in [-0.15, -0.1) is 0 Å². The molecule has 0 aliphatic carbocycles. The molecule has 0 radical (unpaired) electrons. The Morgan fingerprint density at radius 2 is 2.15 bits per heavy atom. The Hall–Kier alpha value is -0.610. The number of carboxylic acids is 1. The van der Waals surface area contributed by atoms with Gasteiger partial charge in [0.05, 0.1) is 12.0 Å². The van der Waals surface area contributed by atoms with Gasteiger partial charge >= 0.3 is 5.97 Å². The van der Waals surface area contributed by atoms with E-state index in [1.807, 2.05) is 6.92 Å². The molecule has 0 spiro atoms. The fourth-order valence-corrected chi connectivity index (χ4v) is 1.27. The summed E-state index contributed by atoms with van der Waals surface area (Å²) in [6.45, 7) is 3.15. The van der Waals surface area contributed by atoms with E-state index in [4.69, 9.17) is 15.9 Å². The molecule has 78 valence electrons. The smallest absolute Gasteiger partial charge is 0.311 e. The lowest BCUT2D eigenvalue weighted by atomic mass is 9.83. The fourth-order valence-electron chi connectivity index (χ4n) is 1.27. The quantitative estimate of drug-likeness (QED) is 0.571. The van der Waals surface area contributed by atoms with Crippen molar-refractivity contribution in [3.05, 3.63) is 0 Å². The summed E-state index contributed by atoms with van der Waals surface area (Å²) in [4.78, 5) is 10.8. The van der Waals surface area contributed by atoms with Gasteiger partial charge < -0.3 is 15.9 Å². The Kier molecular flexibility index (Phi) is 4.95. The molecule has 0 aromatic heterocycles. The summed E-state index contributed by atoms with van der Waals surface area (Å²) in [5.41, 5.74) is 4.62. The van der Waals surface area contributed by atoms with Gasteiger partial charge in [0, 0.05) is 6.04 Å². The molecule has 0 saturated carbocycles. The first kappa shape index (κ1) is 12.4. The number of nitrogens with two attached hydrogens (primary N) is 1. The van der Waals surface area contributed by atoms with Gasteiger partial charge in [-0.3, -0.25) is 4.79 Å². The van der Waals surface area contributed by atoms with Crippen molar-refractivity contribution in [3.63, 3.8) is 0 Å². The van der Waals surface area contributed by atoms with E-state index >= 15 is 0 Å². The van der Waals surface area contributed by atoms with E-state index in [0.29, 0.717) is 6.42 Å². The van der Waals surface area contributed by atoms with Crippen LogP contribution in [0.4, 0.5) is 0 Å². The topological polar surface area (TPSA) is 83.5 Å². The van der Waals surface area contributed by atoms with Gasteiger partial charge in [0.1, 0.15) is 0 Å². The molecule has 4 nitrogen and oxygen atoms in total. The van der Waals surface area contributed by atoms with Gasteiger partial charge in [0.15, 0.2) is 0 Å². The van der Waals surface area contributed by atoms with Gasteiger partial charge in [0.25, 0.3) is 0 Å². The van der Waals surface area contributed by atoms with E-state index in [0.717, 1.165) is 12.8 Å². The third-order valence-corrected chi connectivity index (χ3v) is 2.24. The highest BCUT2D eigenvalue weighted by molar-refractivity contribution is 5.74. The van der Waals surface area contributed by atoms with Crippen LogP contribution in [0.1, 0.15) is 33.1 Å². The maximum Gasteiger partial charge on any atom is 0.311 e. The monoisotopic (exact) mass is 189 g/mol. The number of hydrogen-bond donors (Lipinski definition) is 3. The maximum atomic E-state index is 10.8. The number of carboxylic acid groups (broad SMARTS) is 1. The number of aliphatic hydroxyl groups is 1. The minimum Gasteiger partial charge on any atom is -0.481 e. The van der Waals surface area contributed by atoms with Crippen LogP contribution in [0.25, 0.3) is 0 Å². The molecule has 0 amide bonds. The van der Waals surface area contributed by atoms with Crippen LogP contribution in [0.15, 0.2) is 0 Å². The molecule has 0 aliphatic heterocycles. The summed E-state index contributed by atoms with van der Waals surface area (Å²) >= 11 is 0. The Morgan fingerprint density at radius 1 is 1.62 bits per heavy atom. The minimum atomic E-state index is -1.09. The zero-order valence-corrected chi connectivity index (χ0v) is 8.29. The van der Waals surface area contributed by atoms with Crippen molar-refractivity contribution < 1.29 is 15.0 Å². The lowest BCUT2D eigenvalue weighted by Crippen LogP contribution is -2.38. The Labute approximate surface area is 78.7 Å². The summed E-state index contributed by atoms with van der Waals surface area (Å²) < 4.78 is 0. The second-order valence-corrected chi connectivity index (χ2v) is 3.78. The molecule has 4 heteroatoms. The maximum absolute atomic E-state index is 10.8. The molecule has 0 fully saturated rings. The van der Waals surface area contributed by atoms with Crippen molar-refractivity contribution in [2.24, 2.45) is 11.1 Å². The third-order valence-electron chi connectivity index (χ3n) is 2.24. The highest BCUT2D eigenvalue weighted by Crippen LogP contribution is 2.23. The van der Waals surface area contributed by atoms with Crippen LogP contribution in [0.5, 0.6) is 0 Å². The molecular weight excluding hydrogens is 170 g/mol. The Bertz CT molecular complexity index is 172. The van der Waals surface area contributed by atoms with Crippen LogP contribution < -0.4 is 5.73 Å². The average Bonchev–Trinajstić information content (AvgIpc) is 2.04. The molecule has 0 aromatic carbocycles. The van der Waals surface area contributed by atoms with Crippen LogP contribution in [0.3, 0.4) is 0 Å². The van der Waals surface area contributed by atoms with E-state index < -0.39 is 11.4 Å². The fraction of sp³-hybridized carbons (Fsp3) is 0.889. The molecule has 13 heavy (non-hydrogen) atoms. The zero-order chi connectivity index (χ0) is 10.5. The molecule has 2 unspecified atom stereocenters. The van der Waals surface area contributed by atoms with Crippen LogP contribution in [-0.4, -0.2) is 28.8 Å². The van der Waals surface area contributed by atoms with Crippen LogP contribution in [0, 0.1) is 5.41 Å². The molecule has 0 aromatic rings. The van der Waals surface area contributed by atoms with Gasteiger partial charge in [0.2, 0.25) is 0 Å². The second-order valence-electron chi connectivity index (χ2n) is 3.78. The van der Waals surface area contributed by atoms with Crippen LogP contribution in [-0.2, 0) is 4.79 Å². The lowest BCUT2D eigenvalue weighted by Gasteiger charge is -2.25. The van der Waals surface area contributed by atoms with Gasteiger partial charge in [-0.1, -0.05) is 13.3 Å². The van der Waals surface area contributed by atoms with Gasteiger partial charge in [-0.25, -0.2) is 0 Å². The van der Waals surface area contributed by atoms with E-state index in [1.165, 1.54) is 6.92 Å². The van der Waals surface area contributed by atoms with E-state index in [9.17, 15) is 4.79 Å². The first-order valence-corrected chi connectivity index (χ1v) is 4.56. The van der Waals surface area contributed by atoms with Crippen molar-refractivity contribution in [1.29, 1.82) is 0 Å². The number of rotatable bonds is 6. The highest BCUT2D eigenvalue weighted by atomic mass is 16.4. The predicted octanol–water partition coefficient (Wildman–Crippen LogP) is 0.587. The van der Waals surface area contributed by atoms with Crippen molar-refractivity contribution in [2.45, 2.75) is 39.2 Å². The normalized spacial score (nSPS) is 17.8. The lowest BCUT2D eigenvalue weighted by molar-refractivity contribution is -0.151. The van der Waals surface area contributed by atoms with Crippen LogP contribution in [0.2, 0.25) is 0 Å². The third kappa shape index (κ3) is 3.74. The molecule has 0 heterocycles. The summed E-state index contributed by atoms with van der Waals surface area (Å²) in [6, 6.07) is -0.141. The molecule has 0 bridgehead atoms. The molecule has 0 aliphatic rings. The van der Waals surface area contributed by atoms with E-state index in [1.54, 1.807) is 0 Å². The zero-order valence-electron chi connectivity index (χ0n) is 8.29. The SMILES string of the molecule is CCCC(N)CC(C)(CO)C(=O)O. The number of carbonyl (C=O) groups is 1. The molecule has 0 saturated heterocycles. The van der Waals surface area contributed by atoms with E-state index in [2.05, 4.69) is 0 Å². The first-order valence-electron chi connectivity index (χ1n) is 4.56. The van der Waals surface area contributed by atoms with Gasteiger partial charge in [-0.05, 0) is 19.8 Å². The molecule has 0 rings (SSSR count).